The van der Waals surface area contributed by atoms with Crippen molar-refractivity contribution < 1.29 is 25.5 Å². The average Bonchev–Trinajstić information content (AvgIpc) is 2.07. The zero-order valence-electron chi connectivity index (χ0n) is 5.12. The van der Waals surface area contributed by atoms with Crippen LogP contribution in [0, 0.1) is 0 Å². The van der Waals surface area contributed by atoms with Gasteiger partial charge in [-0.05, 0) is 0 Å². The van der Waals surface area contributed by atoms with Gasteiger partial charge in [-0.15, -0.1) is 0 Å². The van der Waals surface area contributed by atoms with Crippen LogP contribution in [-0.4, -0.2) is 56.1 Å². The summed E-state index contributed by atoms with van der Waals surface area (Å²) in [4.78, 5) is 0. The highest BCUT2D eigenvalue weighted by atomic mass is 16.4. The van der Waals surface area contributed by atoms with Gasteiger partial charge in [-0.1, -0.05) is 0 Å². The van der Waals surface area contributed by atoms with E-state index in [0.29, 0.717) is 0 Å². The van der Waals surface area contributed by atoms with Gasteiger partial charge in [-0.2, -0.15) is 0 Å². The van der Waals surface area contributed by atoms with Crippen LogP contribution >= 0.6 is 0 Å². The van der Waals surface area contributed by atoms with Crippen LogP contribution in [0.4, 0.5) is 0 Å². The highest BCUT2D eigenvalue weighted by Gasteiger charge is 2.47. The number of hydrogen-bond donors (Lipinski definition) is 5. The van der Waals surface area contributed by atoms with Crippen LogP contribution in [0.3, 0.4) is 0 Å². The summed E-state index contributed by atoms with van der Waals surface area (Å²) >= 11 is 0. The molecule has 0 amide bonds. The Bertz CT molecular complexity index is 82.4. The molecule has 5 heteroatoms. The molecule has 10 heavy (non-hydrogen) atoms. The minimum Gasteiger partial charge on any atom is -0.387 e. The number of rotatable bonds is 0. The average molecular weight is 150 g/mol. The first kappa shape index (κ1) is 7.90. The number of hydrogen-bond acceptors (Lipinski definition) is 5. The summed E-state index contributed by atoms with van der Waals surface area (Å²) in [5.74, 6) is 0. The largest absolute Gasteiger partial charge is 0.387 e. The Balaban J connectivity index is 2.68. The standard InChI is InChI=1S/C5H10O5/c6-1-2(7)4(9)5(10)3(1)8/h1-10H. The second-order valence-electron chi connectivity index (χ2n) is 2.45. The van der Waals surface area contributed by atoms with Crippen LogP contribution < -0.4 is 0 Å². The molecule has 0 radical (unpaired) electrons. The van der Waals surface area contributed by atoms with E-state index < -0.39 is 30.5 Å². The van der Waals surface area contributed by atoms with Crippen molar-refractivity contribution in [2.24, 2.45) is 0 Å². The number of aliphatic hydroxyl groups is 5. The van der Waals surface area contributed by atoms with E-state index in [9.17, 15) is 0 Å². The van der Waals surface area contributed by atoms with Crippen LogP contribution in [0.25, 0.3) is 0 Å². The van der Waals surface area contributed by atoms with Gasteiger partial charge in [0.05, 0.1) is 0 Å². The molecule has 0 unspecified atom stereocenters. The van der Waals surface area contributed by atoms with Gasteiger partial charge in [0.1, 0.15) is 30.5 Å². The molecule has 1 fully saturated rings. The lowest BCUT2D eigenvalue weighted by Gasteiger charge is -2.09. The van der Waals surface area contributed by atoms with Crippen molar-refractivity contribution in [2.45, 2.75) is 30.5 Å². The predicted octanol–water partition coefficient (Wildman–Crippen LogP) is -3.20. The first-order chi connectivity index (χ1) is 4.55. The smallest absolute Gasteiger partial charge is 0.111 e. The molecule has 0 aromatic carbocycles. The molecule has 5 nitrogen and oxygen atoms in total. The zero-order valence-corrected chi connectivity index (χ0v) is 5.12. The Morgan fingerprint density at radius 1 is 0.400 bits per heavy atom. The van der Waals surface area contributed by atoms with E-state index in [0.717, 1.165) is 0 Å². The molecule has 1 aliphatic carbocycles. The summed E-state index contributed by atoms with van der Waals surface area (Å²) in [6, 6.07) is 0. The third-order valence-corrected chi connectivity index (χ3v) is 1.75. The summed E-state index contributed by atoms with van der Waals surface area (Å²) in [5, 5.41) is 43.9. The molecule has 0 heterocycles. The lowest BCUT2D eigenvalue weighted by atomic mass is 10.2. The summed E-state index contributed by atoms with van der Waals surface area (Å²) < 4.78 is 0. The van der Waals surface area contributed by atoms with Gasteiger partial charge in [0, 0.05) is 0 Å². The molecule has 1 saturated carbocycles. The molecule has 5 N–H and O–H groups in total. The van der Waals surface area contributed by atoms with E-state index in [1.165, 1.54) is 0 Å². The highest BCUT2D eigenvalue weighted by molar-refractivity contribution is 4.98. The van der Waals surface area contributed by atoms with Gasteiger partial charge in [-0.3, -0.25) is 0 Å². The van der Waals surface area contributed by atoms with Crippen molar-refractivity contribution in [1.29, 1.82) is 0 Å². The molecule has 1 rings (SSSR count). The second-order valence-corrected chi connectivity index (χ2v) is 2.45. The summed E-state index contributed by atoms with van der Waals surface area (Å²) in [6.07, 6.45) is -7.27. The maximum atomic E-state index is 8.79. The van der Waals surface area contributed by atoms with Crippen molar-refractivity contribution >= 4 is 0 Å². The molecule has 0 atom stereocenters. The first-order valence-corrected chi connectivity index (χ1v) is 2.96. The molecule has 0 saturated heterocycles. The van der Waals surface area contributed by atoms with Gasteiger partial charge in [0.2, 0.25) is 0 Å². The van der Waals surface area contributed by atoms with Gasteiger partial charge >= 0.3 is 0 Å². The predicted molar refractivity (Wildman–Crippen MR) is 30.0 cm³/mol. The van der Waals surface area contributed by atoms with Crippen molar-refractivity contribution in [2.75, 3.05) is 0 Å². The Kier molecular flexibility index (Phi) is 1.93. The van der Waals surface area contributed by atoms with Crippen LogP contribution in [-0.2, 0) is 0 Å². The molecule has 1 aliphatic rings. The van der Waals surface area contributed by atoms with E-state index in [-0.39, 0.29) is 0 Å². The molecule has 0 spiro atoms. The maximum Gasteiger partial charge on any atom is 0.111 e. The van der Waals surface area contributed by atoms with Crippen LogP contribution in [0.1, 0.15) is 0 Å². The summed E-state index contributed by atoms with van der Waals surface area (Å²) in [5.41, 5.74) is 0. The Morgan fingerprint density at radius 3 is 0.600 bits per heavy atom. The van der Waals surface area contributed by atoms with Crippen molar-refractivity contribution in [1.82, 2.24) is 0 Å². The minimum atomic E-state index is -1.45. The van der Waals surface area contributed by atoms with Gasteiger partial charge in [0.15, 0.2) is 0 Å². The third kappa shape index (κ3) is 0.920. The fourth-order valence-electron chi connectivity index (χ4n) is 1.01. The molecule has 0 bridgehead atoms. The van der Waals surface area contributed by atoms with Gasteiger partial charge in [0.25, 0.3) is 0 Å². The monoisotopic (exact) mass is 150 g/mol. The van der Waals surface area contributed by atoms with E-state index in [4.69, 9.17) is 25.5 Å². The van der Waals surface area contributed by atoms with Gasteiger partial charge in [-0.25, -0.2) is 0 Å². The van der Waals surface area contributed by atoms with E-state index >= 15 is 0 Å². The topological polar surface area (TPSA) is 101 Å². The Labute approximate surface area is 57.2 Å². The normalized spacial score (nSPS) is 55.5. The van der Waals surface area contributed by atoms with Crippen LogP contribution in [0.15, 0.2) is 0 Å². The summed E-state index contributed by atoms with van der Waals surface area (Å²) in [6.45, 7) is 0. The van der Waals surface area contributed by atoms with E-state index in [1.54, 1.807) is 0 Å². The quantitative estimate of drug-likeness (QED) is 0.250. The Hall–Kier alpha value is -0.200. The maximum absolute atomic E-state index is 8.79. The van der Waals surface area contributed by atoms with Gasteiger partial charge < -0.3 is 25.5 Å². The molecule has 0 aliphatic heterocycles. The first-order valence-electron chi connectivity index (χ1n) is 2.96. The molecule has 0 aromatic rings. The van der Waals surface area contributed by atoms with Crippen LogP contribution in [0.2, 0.25) is 0 Å². The Morgan fingerprint density at radius 2 is 0.500 bits per heavy atom. The lowest BCUT2D eigenvalue weighted by molar-refractivity contribution is -0.0413. The molecule has 0 aromatic heterocycles. The molecular formula is C5H10O5. The van der Waals surface area contributed by atoms with Crippen molar-refractivity contribution in [3.8, 4) is 0 Å². The second kappa shape index (κ2) is 2.44. The highest BCUT2D eigenvalue weighted by Crippen LogP contribution is 2.20. The molecular weight excluding hydrogens is 140 g/mol. The van der Waals surface area contributed by atoms with Crippen molar-refractivity contribution in [3.05, 3.63) is 0 Å². The lowest BCUT2D eigenvalue weighted by Crippen LogP contribution is -2.32. The van der Waals surface area contributed by atoms with Crippen LogP contribution in [0.5, 0.6) is 0 Å². The fraction of sp³-hybridized carbons (Fsp3) is 1.00. The zero-order chi connectivity index (χ0) is 7.89. The van der Waals surface area contributed by atoms with E-state index in [2.05, 4.69) is 0 Å². The van der Waals surface area contributed by atoms with E-state index in [1.807, 2.05) is 0 Å². The fourth-order valence-corrected chi connectivity index (χ4v) is 1.01. The minimum absolute atomic E-state index is 1.45. The number of aliphatic hydroxyl groups excluding tert-OH is 5. The molecule has 60 valence electrons. The third-order valence-electron chi connectivity index (χ3n) is 1.75. The summed E-state index contributed by atoms with van der Waals surface area (Å²) in [7, 11) is 0. The SMILES string of the molecule is OC1C(O)C(O)C(O)C1O. The van der Waals surface area contributed by atoms with Crippen molar-refractivity contribution in [3.63, 3.8) is 0 Å².